The van der Waals surface area contributed by atoms with Crippen molar-refractivity contribution in [2.75, 3.05) is 0 Å². The predicted octanol–water partition coefficient (Wildman–Crippen LogP) is 5.13. The van der Waals surface area contributed by atoms with Crippen LogP contribution in [0.4, 0.5) is 0 Å². The molecule has 0 radical (unpaired) electrons. The van der Waals surface area contributed by atoms with Crippen molar-refractivity contribution in [3.05, 3.63) is 101 Å². The minimum absolute atomic E-state index is 0.0479. The first kappa shape index (κ1) is 19.4. The molecule has 0 aliphatic heterocycles. The van der Waals surface area contributed by atoms with E-state index in [0.29, 0.717) is 13.2 Å². The van der Waals surface area contributed by atoms with E-state index in [1.54, 1.807) is 0 Å². The minimum Gasteiger partial charge on any atom is -0.489 e. The van der Waals surface area contributed by atoms with E-state index in [-0.39, 0.29) is 6.04 Å². The molecular weight excluding hydrogens is 358 g/mol. The lowest BCUT2D eigenvalue weighted by Crippen LogP contribution is -2.31. The molecule has 4 heteroatoms. The summed E-state index contributed by atoms with van der Waals surface area (Å²) in [5, 5.41) is 14.5. The highest BCUT2D eigenvalue weighted by molar-refractivity contribution is 6.30. The number of rotatable bonds is 8. The largest absolute Gasteiger partial charge is 0.489 e. The van der Waals surface area contributed by atoms with E-state index in [2.05, 4.69) is 5.32 Å². The van der Waals surface area contributed by atoms with Crippen LogP contribution in [0.25, 0.3) is 0 Å². The van der Waals surface area contributed by atoms with Crippen LogP contribution >= 0.6 is 11.6 Å². The highest BCUT2D eigenvalue weighted by Gasteiger charge is 2.15. The summed E-state index contributed by atoms with van der Waals surface area (Å²) in [6.07, 6.45) is -0.534. The molecule has 3 rings (SSSR count). The number of hydrogen-bond donors (Lipinski definition) is 2. The van der Waals surface area contributed by atoms with E-state index in [1.165, 1.54) is 0 Å². The molecule has 0 aliphatic rings. The average Bonchev–Trinajstić information content (AvgIpc) is 2.72. The van der Waals surface area contributed by atoms with Crippen LogP contribution in [0, 0.1) is 0 Å². The second kappa shape index (κ2) is 9.56. The summed E-state index contributed by atoms with van der Waals surface area (Å²) >= 11 is 5.89. The summed E-state index contributed by atoms with van der Waals surface area (Å²) in [5.74, 6) is 0.825. The molecular formula is C23H24ClNO2. The van der Waals surface area contributed by atoms with Gasteiger partial charge in [-0.25, -0.2) is 0 Å². The van der Waals surface area contributed by atoms with Gasteiger partial charge >= 0.3 is 0 Å². The fourth-order valence-corrected chi connectivity index (χ4v) is 2.91. The van der Waals surface area contributed by atoms with E-state index in [9.17, 15) is 5.11 Å². The van der Waals surface area contributed by atoms with Crippen molar-refractivity contribution < 1.29 is 9.84 Å². The van der Waals surface area contributed by atoms with Crippen LogP contribution in [0.1, 0.15) is 29.7 Å². The Balaban J connectivity index is 1.48. The van der Waals surface area contributed by atoms with Gasteiger partial charge in [0, 0.05) is 17.6 Å². The Labute approximate surface area is 165 Å². The monoisotopic (exact) mass is 381 g/mol. The quantitative estimate of drug-likeness (QED) is 0.568. The second-order valence-corrected chi connectivity index (χ2v) is 7.02. The Morgan fingerprint density at radius 2 is 1.52 bits per heavy atom. The smallest absolute Gasteiger partial charge is 0.119 e. The molecule has 140 valence electrons. The molecule has 0 amide bonds. The molecule has 0 aromatic heterocycles. The van der Waals surface area contributed by atoms with Gasteiger partial charge in [0.15, 0.2) is 0 Å². The summed E-state index contributed by atoms with van der Waals surface area (Å²) in [7, 11) is 0. The molecule has 0 spiro atoms. The number of aliphatic hydroxyl groups is 1. The van der Waals surface area contributed by atoms with Crippen molar-refractivity contribution in [2.45, 2.75) is 32.2 Å². The van der Waals surface area contributed by atoms with Crippen molar-refractivity contribution in [2.24, 2.45) is 0 Å². The third kappa shape index (κ3) is 5.83. The van der Waals surface area contributed by atoms with Gasteiger partial charge in [-0.05, 0) is 47.9 Å². The summed E-state index contributed by atoms with van der Waals surface area (Å²) in [6, 6.07) is 25.3. The third-order valence-corrected chi connectivity index (χ3v) is 4.74. The highest BCUT2D eigenvalue weighted by atomic mass is 35.5. The Morgan fingerprint density at radius 3 is 2.19 bits per heavy atom. The maximum atomic E-state index is 10.4. The van der Waals surface area contributed by atoms with Crippen LogP contribution in [0.5, 0.6) is 5.75 Å². The Hall–Kier alpha value is -2.33. The van der Waals surface area contributed by atoms with Gasteiger partial charge in [0.2, 0.25) is 0 Å². The molecule has 0 saturated carbocycles. The first-order chi connectivity index (χ1) is 13.1. The molecule has 0 fully saturated rings. The molecule has 2 N–H and O–H groups in total. The van der Waals surface area contributed by atoms with Gasteiger partial charge in [-0.2, -0.15) is 0 Å². The fourth-order valence-electron chi connectivity index (χ4n) is 2.78. The highest BCUT2D eigenvalue weighted by Crippen LogP contribution is 2.18. The average molecular weight is 382 g/mol. The van der Waals surface area contributed by atoms with Gasteiger partial charge in [-0.3, -0.25) is 0 Å². The normalized spacial score (nSPS) is 13.1. The first-order valence-electron chi connectivity index (χ1n) is 9.04. The van der Waals surface area contributed by atoms with E-state index in [1.807, 2.05) is 85.8 Å². The number of benzene rings is 3. The number of halogens is 1. The van der Waals surface area contributed by atoms with Crippen molar-refractivity contribution in [3.63, 3.8) is 0 Å². The predicted molar refractivity (Wildman–Crippen MR) is 110 cm³/mol. The van der Waals surface area contributed by atoms with Gasteiger partial charge in [-0.1, -0.05) is 66.2 Å². The van der Waals surface area contributed by atoms with Crippen molar-refractivity contribution in [1.29, 1.82) is 0 Å². The fraction of sp³-hybridized carbons (Fsp3) is 0.217. The molecule has 0 saturated heterocycles. The van der Waals surface area contributed by atoms with E-state index >= 15 is 0 Å². The molecule has 3 aromatic carbocycles. The lowest BCUT2D eigenvalue weighted by Gasteiger charge is -2.20. The van der Waals surface area contributed by atoms with Crippen LogP contribution in [-0.4, -0.2) is 11.1 Å². The summed E-state index contributed by atoms with van der Waals surface area (Å²) in [6.45, 7) is 3.18. The van der Waals surface area contributed by atoms with E-state index in [0.717, 1.165) is 27.5 Å². The molecule has 0 heterocycles. The first-order valence-corrected chi connectivity index (χ1v) is 9.42. The van der Waals surface area contributed by atoms with Gasteiger partial charge < -0.3 is 15.2 Å². The van der Waals surface area contributed by atoms with Gasteiger partial charge in [0.05, 0.1) is 6.10 Å². The number of hydrogen-bond acceptors (Lipinski definition) is 3. The standard InChI is InChI=1S/C23H24ClNO2/c1-17(23(26)20-5-3-2-4-6-20)25-15-18-9-13-22(14-10-18)27-16-19-7-11-21(24)12-8-19/h2-14,17,23,25-26H,15-16H2,1H3/t17-,23-/m0/s1. The zero-order valence-corrected chi connectivity index (χ0v) is 16.1. The lowest BCUT2D eigenvalue weighted by atomic mass is 10.0. The lowest BCUT2D eigenvalue weighted by molar-refractivity contribution is 0.135. The number of ether oxygens (including phenoxy) is 1. The maximum absolute atomic E-state index is 10.4. The Kier molecular flexibility index (Phi) is 6.88. The zero-order valence-electron chi connectivity index (χ0n) is 15.3. The summed E-state index contributed by atoms with van der Waals surface area (Å²) in [4.78, 5) is 0. The molecule has 2 atom stereocenters. The Bertz CT molecular complexity index is 819. The summed E-state index contributed by atoms with van der Waals surface area (Å²) < 4.78 is 5.81. The van der Waals surface area contributed by atoms with E-state index < -0.39 is 6.10 Å². The summed E-state index contributed by atoms with van der Waals surface area (Å²) in [5.41, 5.74) is 3.14. The SMILES string of the molecule is C[C@H](NCc1ccc(OCc2ccc(Cl)cc2)cc1)[C@H](O)c1ccccc1. The van der Waals surface area contributed by atoms with Crippen LogP contribution in [0.15, 0.2) is 78.9 Å². The van der Waals surface area contributed by atoms with Crippen LogP contribution in [-0.2, 0) is 13.2 Å². The van der Waals surface area contributed by atoms with Crippen LogP contribution < -0.4 is 10.1 Å². The van der Waals surface area contributed by atoms with Crippen molar-refractivity contribution in [1.82, 2.24) is 5.32 Å². The van der Waals surface area contributed by atoms with Crippen molar-refractivity contribution in [3.8, 4) is 5.75 Å². The number of nitrogens with one attached hydrogen (secondary N) is 1. The van der Waals surface area contributed by atoms with Crippen molar-refractivity contribution >= 4 is 11.6 Å². The van der Waals surface area contributed by atoms with Gasteiger partial charge in [0.1, 0.15) is 12.4 Å². The van der Waals surface area contributed by atoms with Gasteiger partial charge in [0.25, 0.3) is 0 Å². The second-order valence-electron chi connectivity index (χ2n) is 6.58. The zero-order chi connectivity index (χ0) is 19.1. The topological polar surface area (TPSA) is 41.5 Å². The van der Waals surface area contributed by atoms with Crippen LogP contribution in [0.3, 0.4) is 0 Å². The third-order valence-electron chi connectivity index (χ3n) is 4.48. The molecule has 3 nitrogen and oxygen atoms in total. The van der Waals surface area contributed by atoms with Gasteiger partial charge in [-0.15, -0.1) is 0 Å². The molecule has 0 bridgehead atoms. The molecule has 27 heavy (non-hydrogen) atoms. The van der Waals surface area contributed by atoms with Crippen LogP contribution in [0.2, 0.25) is 5.02 Å². The van der Waals surface area contributed by atoms with E-state index in [4.69, 9.17) is 16.3 Å². The number of aliphatic hydroxyl groups excluding tert-OH is 1. The maximum Gasteiger partial charge on any atom is 0.119 e. The Morgan fingerprint density at radius 1 is 0.889 bits per heavy atom. The molecule has 0 unspecified atom stereocenters. The molecule has 0 aliphatic carbocycles. The molecule has 3 aromatic rings. The minimum atomic E-state index is -0.534.